The molecule has 0 aromatic heterocycles. The molecule has 0 bridgehead atoms. The van der Waals surface area contributed by atoms with E-state index in [1.807, 2.05) is 23.6 Å². The highest BCUT2D eigenvalue weighted by molar-refractivity contribution is 5.83. The van der Waals surface area contributed by atoms with Crippen LogP contribution in [0.3, 0.4) is 0 Å². The number of nitrogens with zero attached hydrogens (tertiary/aromatic N) is 2. The van der Waals surface area contributed by atoms with Crippen LogP contribution in [0.1, 0.15) is 43.7 Å². The van der Waals surface area contributed by atoms with Crippen LogP contribution in [0.2, 0.25) is 0 Å². The predicted molar refractivity (Wildman–Crippen MR) is 128 cm³/mol. The Hall–Kier alpha value is -2.84. The van der Waals surface area contributed by atoms with Gasteiger partial charge in [-0.1, -0.05) is 44.5 Å². The van der Waals surface area contributed by atoms with Crippen LogP contribution < -0.4 is 11.5 Å². The van der Waals surface area contributed by atoms with E-state index in [1.54, 1.807) is 24.3 Å². The molecule has 1 fully saturated rings. The lowest BCUT2D eigenvalue weighted by Gasteiger charge is -2.45. The van der Waals surface area contributed by atoms with Gasteiger partial charge >= 0.3 is 0 Å². The van der Waals surface area contributed by atoms with Gasteiger partial charge in [-0.2, -0.15) is 0 Å². The van der Waals surface area contributed by atoms with Gasteiger partial charge < -0.3 is 16.4 Å². The molecule has 0 radical (unpaired) electrons. The highest BCUT2D eigenvalue weighted by Gasteiger charge is 2.38. The molecule has 184 valence electrons. The summed E-state index contributed by atoms with van der Waals surface area (Å²) in [5, 5.41) is 0. The summed E-state index contributed by atoms with van der Waals surface area (Å²) in [5.74, 6) is -1.49. The standard InChI is InChI=1S/C26H34F2N4O2/c1-3-4-22-16-31(24(25(30)33)17(2)19-7-11-21(28)12-8-19)13-14-32(22)26(34)23(29)15-18-5-9-20(27)10-6-18/h5-12,17,22-24H,3-4,13-16,29H2,1-2H3,(H2,30,33). The molecule has 4 atom stereocenters. The molecule has 1 aliphatic heterocycles. The number of hydrogen-bond donors (Lipinski definition) is 2. The summed E-state index contributed by atoms with van der Waals surface area (Å²) in [6.45, 7) is 5.37. The van der Waals surface area contributed by atoms with Crippen LogP contribution in [-0.4, -0.2) is 59.4 Å². The average Bonchev–Trinajstić information content (AvgIpc) is 2.81. The van der Waals surface area contributed by atoms with Crippen molar-refractivity contribution < 1.29 is 18.4 Å². The van der Waals surface area contributed by atoms with Crippen LogP contribution in [0.4, 0.5) is 8.78 Å². The third-order valence-corrected chi connectivity index (χ3v) is 6.66. The van der Waals surface area contributed by atoms with Crippen LogP contribution in [0, 0.1) is 11.6 Å². The number of amides is 2. The van der Waals surface area contributed by atoms with Crippen molar-refractivity contribution in [2.45, 2.75) is 57.2 Å². The van der Waals surface area contributed by atoms with Gasteiger partial charge in [0, 0.05) is 31.6 Å². The Bertz CT molecular complexity index is 968. The first-order valence-electron chi connectivity index (χ1n) is 11.8. The minimum atomic E-state index is -0.735. The Morgan fingerprint density at radius 1 is 1.03 bits per heavy atom. The molecule has 6 nitrogen and oxygen atoms in total. The van der Waals surface area contributed by atoms with E-state index < -0.39 is 18.0 Å². The van der Waals surface area contributed by atoms with Crippen LogP contribution in [0.15, 0.2) is 48.5 Å². The number of primary amides is 1. The maximum Gasteiger partial charge on any atom is 0.240 e. The SMILES string of the molecule is CCCC1CN(C(C(N)=O)C(C)c2ccc(F)cc2)CCN1C(=O)C(N)Cc1ccc(F)cc1. The molecule has 1 aliphatic rings. The molecule has 2 amide bonds. The first-order chi connectivity index (χ1) is 16.2. The van der Waals surface area contributed by atoms with Crippen LogP contribution in [-0.2, 0) is 16.0 Å². The van der Waals surface area contributed by atoms with Crippen molar-refractivity contribution in [3.8, 4) is 0 Å². The molecule has 0 saturated carbocycles. The molecule has 2 aromatic carbocycles. The Labute approximate surface area is 199 Å². The first-order valence-corrected chi connectivity index (χ1v) is 11.8. The molecular formula is C26H34F2N4O2. The smallest absolute Gasteiger partial charge is 0.240 e. The van der Waals surface area contributed by atoms with Crippen molar-refractivity contribution in [2.24, 2.45) is 11.5 Å². The number of piperazine rings is 1. The molecule has 1 heterocycles. The summed E-state index contributed by atoms with van der Waals surface area (Å²) in [7, 11) is 0. The van der Waals surface area contributed by atoms with Crippen molar-refractivity contribution in [3.05, 3.63) is 71.3 Å². The zero-order valence-electron chi connectivity index (χ0n) is 19.8. The van der Waals surface area contributed by atoms with Crippen molar-refractivity contribution in [1.82, 2.24) is 9.80 Å². The molecule has 34 heavy (non-hydrogen) atoms. The number of rotatable bonds is 9. The van der Waals surface area contributed by atoms with Crippen LogP contribution in [0.25, 0.3) is 0 Å². The summed E-state index contributed by atoms with van der Waals surface area (Å²) in [4.78, 5) is 29.6. The lowest BCUT2D eigenvalue weighted by Crippen LogP contribution is -2.62. The average molecular weight is 473 g/mol. The maximum atomic E-state index is 13.4. The van der Waals surface area contributed by atoms with Crippen molar-refractivity contribution in [1.29, 1.82) is 0 Å². The molecule has 0 aliphatic carbocycles. The molecule has 8 heteroatoms. The van der Waals surface area contributed by atoms with Gasteiger partial charge in [0.15, 0.2) is 0 Å². The van der Waals surface area contributed by atoms with E-state index in [4.69, 9.17) is 11.5 Å². The summed E-state index contributed by atoms with van der Waals surface area (Å²) in [6.07, 6.45) is 1.95. The second kappa shape index (κ2) is 11.5. The van der Waals surface area contributed by atoms with Gasteiger partial charge in [-0.25, -0.2) is 8.78 Å². The van der Waals surface area contributed by atoms with E-state index in [0.29, 0.717) is 26.1 Å². The lowest BCUT2D eigenvalue weighted by atomic mass is 9.90. The molecule has 4 N–H and O–H groups in total. The Balaban J connectivity index is 1.73. The van der Waals surface area contributed by atoms with Gasteiger partial charge in [-0.3, -0.25) is 14.5 Å². The molecule has 4 unspecified atom stereocenters. The largest absolute Gasteiger partial charge is 0.368 e. The number of hydrogen-bond acceptors (Lipinski definition) is 4. The third-order valence-electron chi connectivity index (χ3n) is 6.66. The highest BCUT2D eigenvalue weighted by atomic mass is 19.1. The monoisotopic (exact) mass is 472 g/mol. The van der Waals surface area contributed by atoms with Gasteiger partial charge in [0.05, 0.1) is 12.1 Å². The Morgan fingerprint density at radius 3 is 2.18 bits per heavy atom. The van der Waals surface area contributed by atoms with Crippen LogP contribution >= 0.6 is 0 Å². The number of halogens is 2. The van der Waals surface area contributed by atoms with Gasteiger partial charge in [0.2, 0.25) is 11.8 Å². The van der Waals surface area contributed by atoms with Crippen LogP contribution in [0.5, 0.6) is 0 Å². The number of carbonyl (C=O) groups is 2. The fraction of sp³-hybridized carbons (Fsp3) is 0.462. The minimum absolute atomic E-state index is 0.104. The molecule has 0 spiro atoms. The summed E-state index contributed by atoms with van der Waals surface area (Å²) < 4.78 is 26.6. The van der Waals surface area contributed by atoms with Crippen molar-refractivity contribution in [3.63, 3.8) is 0 Å². The van der Waals surface area contributed by atoms with E-state index in [0.717, 1.165) is 24.0 Å². The zero-order valence-corrected chi connectivity index (χ0v) is 19.8. The number of nitrogens with two attached hydrogens (primary N) is 2. The van der Waals surface area contributed by atoms with E-state index >= 15 is 0 Å². The second-order valence-electron chi connectivity index (χ2n) is 9.09. The Kier molecular flexibility index (Phi) is 8.74. The summed E-state index contributed by atoms with van der Waals surface area (Å²) in [6, 6.07) is 10.7. The third kappa shape index (κ3) is 6.18. The summed E-state index contributed by atoms with van der Waals surface area (Å²) in [5.41, 5.74) is 13.7. The first kappa shape index (κ1) is 25.8. The normalized spacial score (nSPS) is 19.4. The van der Waals surface area contributed by atoms with Gasteiger partial charge in [-0.15, -0.1) is 0 Å². The molecule has 2 aromatic rings. The van der Waals surface area contributed by atoms with Gasteiger partial charge in [-0.05, 0) is 48.2 Å². The van der Waals surface area contributed by atoms with Crippen molar-refractivity contribution in [2.75, 3.05) is 19.6 Å². The van der Waals surface area contributed by atoms with Gasteiger partial charge in [0.1, 0.15) is 11.6 Å². The van der Waals surface area contributed by atoms with E-state index in [9.17, 15) is 18.4 Å². The topological polar surface area (TPSA) is 92.7 Å². The predicted octanol–water partition coefficient (Wildman–Crippen LogP) is 2.81. The minimum Gasteiger partial charge on any atom is -0.368 e. The van der Waals surface area contributed by atoms with E-state index in [1.165, 1.54) is 24.3 Å². The second-order valence-corrected chi connectivity index (χ2v) is 9.09. The van der Waals surface area contributed by atoms with Crippen molar-refractivity contribution >= 4 is 11.8 Å². The molecule has 1 saturated heterocycles. The quantitative estimate of drug-likeness (QED) is 0.587. The molecular weight excluding hydrogens is 438 g/mol. The highest BCUT2D eigenvalue weighted by Crippen LogP contribution is 2.27. The summed E-state index contributed by atoms with van der Waals surface area (Å²) >= 11 is 0. The number of carbonyl (C=O) groups excluding carboxylic acids is 2. The molecule has 3 rings (SSSR count). The lowest BCUT2D eigenvalue weighted by molar-refractivity contribution is -0.139. The van der Waals surface area contributed by atoms with Gasteiger partial charge in [0.25, 0.3) is 0 Å². The zero-order chi connectivity index (χ0) is 24.8. The van der Waals surface area contributed by atoms with E-state index in [-0.39, 0.29) is 29.5 Å². The Morgan fingerprint density at radius 2 is 1.62 bits per heavy atom. The fourth-order valence-electron chi connectivity index (χ4n) is 4.87. The van der Waals surface area contributed by atoms with E-state index in [2.05, 4.69) is 0 Å². The number of benzene rings is 2. The maximum absolute atomic E-state index is 13.4. The fourth-order valence-corrected chi connectivity index (χ4v) is 4.87.